The predicted octanol–water partition coefficient (Wildman–Crippen LogP) is 4.28. The summed E-state index contributed by atoms with van der Waals surface area (Å²) < 4.78 is 10.9. The molecule has 0 amide bonds. The van der Waals surface area contributed by atoms with Gasteiger partial charge >= 0.3 is 5.97 Å². The van der Waals surface area contributed by atoms with E-state index in [1.165, 1.54) is 6.08 Å². The van der Waals surface area contributed by atoms with Gasteiger partial charge < -0.3 is 9.16 Å². The summed E-state index contributed by atoms with van der Waals surface area (Å²) in [4.78, 5) is 11.5. The molecule has 0 bridgehead atoms. The van der Waals surface area contributed by atoms with E-state index in [2.05, 4.69) is 40.1 Å². The molecule has 0 aromatic heterocycles. The molecule has 4 heteroatoms. The quantitative estimate of drug-likeness (QED) is 0.289. The molecule has 0 fully saturated rings. The average Bonchev–Trinajstić information content (AvgIpc) is 2.29. The Balaban J connectivity index is 5.04. The smallest absolute Gasteiger partial charge is 0.330 e. The van der Waals surface area contributed by atoms with Crippen LogP contribution in [0, 0.1) is 5.41 Å². The summed E-state index contributed by atoms with van der Waals surface area (Å²) in [6.07, 6.45) is 5.08. The number of allylic oxidation sites excluding steroid dienone is 1. The van der Waals surface area contributed by atoms with Crippen LogP contribution in [-0.4, -0.2) is 20.9 Å². The Kier molecular flexibility index (Phi) is 7.12. The van der Waals surface area contributed by atoms with Crippen molar-refractivity contribution >= 4 is 14.3 Å². The van der Waals surface area contributed by atoms with Gasteiger partial charge in [0.2, 0.25) is 8.32 Å². The Morgan fingerprint density at radius 2 is 1.74 bits per heavy atom. The first-order valence-corrected chi connectivity index (χ1v) is 10.4. The largest absolute Gasteiger partial charge is 0.547 e. The van der Waals surface area contributed by atoms with Crippen molar-refractivity contribution in [2.45, 2.75) is 53.3 Å². The van der Waals surface area contributed by atoms with Crippen molar-refractivity contribution in [3.8, 4) is 0 Å². The number of carbonyl (C=O) groups excluding carboxylic acids is 1. The van der Waals surface area contributed by atoms with E-state index in [0.29, 0.717) is 6.61 Å². The highest BCUT2D eigenvalue weighted by Gasteiger charge is 2.31. The van der Waals surface area contributed by atoms with Gasteiger partial charge in [-0.2, -0.15) is 0 Å². The van der Waals surface area contributed by atoms with Crippen molar-refractivity contribution in [3.05, 3.63) is 24.5 Å². The Morgan fingerprint density at radius 1 is 1.21 bits per heavy atom. The van der Waals surface area contributed by atoms with Gasteiger partial charge in [0.25, 0.3) is 0 Å². The maximum atomic E-state index is 11.5. The maximum absolute atomic E-state index is 11.5. The lowest BCUT2D eigenvalue weighted by Gasteiger charge is -2.34. The van der Waals surface area contributed by atoms with Crippen LogP contribution in [0.15, 0.2) is 24.5 Å². The van der Waals surface area contributed by atoms with Crippen LogP contribution in [0.1, 0.15) is 33.6 Å². The van der Waals surface area contributed by atoms with E-state index in [9.17, 15) is 4.79 Å². The first kappa shape index (κ1) is 18.0. The van der Waals surface area contributed by atoms with Crippen molar-refractivity contribution in [1.29, 1.82) is 0 Å². The summed E-state index contributed by atoms with van der Waals surface area (Å²) in [5.41, 5.74) is -0.285. The molecule has 19 heavy (non-hydrogen) atoms. The van der Waals surface area contributed by atoms with Crippen molar-refractivity contribution in [3.63, 3.8) is 0 Å². The Labute approximate surface area is 118 Å². The third-order valence-electron chi connectivity index (χ3n) is 3.07. The maximum Gasteiger partial charge on any atom is 0.330 e. The number of rotatable bonds is 8. The van der Waals surface area contributed by atoms with Crippen LogP contribution in [0.5, 0.6) is 0 Å². The van der Waals surface area contributed by atoms with Crippen LogP contribution in [0.25, 0.3) is 0 Å². The van der Waals surface area contributed by atoms with Crippen LogP contribution in [0.4, 0.5) is 0 Å². The van der Waals surface area contributed by atoms with E-state index < -0.39 is 8.32 Å². The lowest BCUT2D eigenvalue weighted by Crippen LogP contribution is -2.31. The molecule has 0 radical (unpaired) electrons. The fraction of sp³-hybridized carbons (Fsp3) is 0.667. The second-order valence-corrected chi connectivity index (χ2v) is 10.0. The number of esters is 1. The second kappa shape index (κ2) is 7.53. The summed E-state index contributed by atoms with van der Waals surface area (Å²) in [6, 6.07) is 0. The molecule has 0 atom stereocenters. The van der Waals surface area contributed by atoms with Gasteiger partial charge in [-0.15, -0.1) is 0 Å². The van der Waals surface area contributed by atoms with Gasteiger partial charge in [-0.25, -0.2) is 4.79 Å². The van der Waals surface area contributed by atoms with Gasteiger partial charge in [0, 0.05) is 11.5 Å². The normalized spacial score (nSPS) is 12.5. The Bertz CT molecular complexity index is 336. The van der Waals surface area contributed by atoms with E-state index in [-0.39, 0.29) is 11.4 Å². The monoisotopic (exact) mass is 284 g/mol. The molecule has 0 rings (SSSR count). The molecular formula is C15H28O3Si. The second-order valence-electron chi connectivity index (χ2n) is 5.59. The first-order chi connectivity index (χ1) is 8.70. The van der Waals surface area contributed by atoms with Crippen molar-refractivity contribution in [2.75, 3.05) is 6.61 Å². The van der Waals surface area contributed by atoms with E-state index >= 15 is 0 Å². The zero-order valence-electron chi connectivity index (χ0n) is 13.2. The van der Waals surface area contributed by atoms with E-state index in [1.54, 1.807) is 6.92 Å². The molecule has 0 aliphatic heterocycles. The van der Waals surface area contributed by atoms with Gasteiger partial charge in [0.15, 0.2) is 0 Å². The highest BCUT2D eigenvalue weighted by molar-refractivity contribution is 6.70. The van der Waals surface area contributed by atoms with Gasteiger partial charge in [0.05, 0.1) is 12.4 Å². The van der Waals surface area contributed by atoms with Crippen LogP contribution in [0.2, 0.25) is 19.6 Å². The molecule has 0 saturated carbocycles. The standard InChI is InChI=1S/C15H28O3Si/c1-8-15(9-2,12-11-14(16)17-10-3)13(4)18-19(5,6)7/h11-12H,4,8-10H2,1-3,5-7H3/b12-11+. The van der Waals surface area contributed by atoms with Crippen LogP contribution in [-0.2, 0) is 14.0 Å². The third kappa shape index (κ3) is 6.10. The summed E-state index contributed by atoms with van der Waals surface area (Å²) in [5.74, 6) is 0.451. The summed E-state index contributed by atoms with van der Waals surface area (Å²) in [6.45, 7) is 16.8. The Hall–Kier alpha value is -1.03. The fourth-order valence-electron chi connectivity index (χ4n) is 1.86. The fourth-order valence-corrected chi connectivity index (χ4v) is 2.80. The minimum Gasteiger partial charge on any atom is -0.547 e. The molecule has 0 aliphatic carbocycles. The molecule has 0 spiro atoms. The van der Waals surface area contributed by atoms with Gasteiger partial charge in [-0.1, -0.05) is 26.5 Å². The molecule has 3 nitrogen and oxygen atoms in total. The van der Waals surface area contributed by atoms with E-state index in [0.717, 1.165) is 18.6 Å². The van der Waals surface area contributed by atoms with Crippen molar-refractivity contribution < 1.29 is 14.0 Å². The van der Waals surface area contributed by atoms with E-state index in [4.69, 9.17) is 9.16 Å². The molecular weight excluding hydrogens is 256 g/mol. The summed E-state index contributed by atoms with van der Waals surface area (Å²) >= 11 is 0. The Morgan fingerprint density at radius 3 is 2.11 bits per heavy atom. The molecule has 0 N–H and O–H groups in total. The molecule has 0 aromatic carbocycles. The summed E-state index contributed by atoms with van der Waals surface area (Å²) in [5, 5.41) is 0. The first-order valence-electron chi connectivity index (χ1n) is 6.95. The topological polar surface area (TPSA) is 35.5 Å². The van der Waals surface area contributed by atoms with Crippen molar-refractivity contribution in [1.82, 2.24) is 0 Å². The van der Waals surface area contributed by atoms with E-state index in [1.807, 2.05) is 6.08 Å². The molecule has 0 heterocycles. The van der Waals surface area contributed by atoms with Gasteiger partial charge in [-0.3, -0.25) is 0 Å². The molecule has 0 aromatic rings. The SMILES string of the molecule is C=C(O[Si](C)(C)C)C(/C=C/C(=O)OCC)(CC)CC. The van der Waals surface area contributed by atoms with Gasteiger partial charge in [-0.05, 0) is 39.4 Å². The van der Waals surface area contributed by atoms with Gasteiger partial charge in [0.1, 0.15) is 0 Å². The molecule has 0 saturated heterocycles. The van der Waals surface area contributed by atoms with Crippen molar-refractivity contribution in [2.24, 2.45) is 5.41 Å². The number of ether oxygens (including phenoxy) is 1. The zero-order valence-corrected chi connectivity index (χ0v) is 14.2. The predicted molar refractivity (Wildman–Crippen MR) is 82.4 cm³/mol. The number of hydrogen-bond donors (Lipinski definition) is 0. The number of hydrogen-bond acceptors (Lipinski definition) is 3. The van der Waals surface area contributed by atoms with Crippen LogP contribution in [0.3, 0.4) is 0 Å². The average molecular weight is 284 g/mol. The van der Waals surface area contributed by atoms with Crippen LogP contribution >= 0.6 is 0 Å². The molecule has 110 valence electrons. The van der Waals surface area contributed by atoms with Crippen LogP contribution < -0.4 is 0 Å². The number of carbonyl (C=O) groups is 1. The lowest BCUT2D eigenvalue weighted by atomic mass is 9.80. The molecule has 0 unspecified atom stereocenters. The zero-order chi connectivity index (χ0) is 15.1. The minimum absolute atomic E-state index is 0.285. The summed E-state index contributed by atoms with van der Waals surface area (Å²) in [7, 11) is -1.68. The lowest BCUT2D eigenvalue weighted by molar-refractivity contribution is -0.137. The molecule has 0 aliphatic rings. The third-order valence-corrected chi connectivity index (χ3v) is 3.93. The minimum atomic E-state index is -1.68. The highest BCUT2D eigenvalue weighted by atomic mass is 28.4. The highest BCUT2D eigenvalue weighted by Crippen LogP contribution is 2.37.